The maximum absolute atomic E-state index is 12.9. The molecule has 3 aromatic rings. The quantitative estimate of drug-likeness (QED) is 0.615. The van der Waals surface area contributed by atoms with Crippen molar-refractivity contribution in [2.75, 3.05) is 18.1 Å². The molecule has 3 heterocycles. The van der Waals surface area contributed by atoms with Crippen molar-refractivity contribution in [3.05, 3.63) is 47.5 Å². The second-order valence-electron chi connectivity index (χ2n) is 6.43. The van der Waals surface area contributed by atoms with E-state index in [1.54, 1.807) is 17.3 Å². The highest BCUT2D eigenvalue weighted by atomic mass is 19.4. The first-order valence-electron chi connectivity index (χ1n) is 8.87. The normalized spacial score (nSPS) is 13.1. The van der Waals surface area contributed by atoms with Crippen molar-refractivity contribution >= 4 is 23.3 Å². The van der Waals surface area contributed by atoms with Crippen LogP contribution in [0.15, 0.2) is 30.6 Å². The van der Waals surface area contributed by atoms with Gasteiger partial charge in [0.25, 0.3) is 11.7 Å². The van der Waals surface area contributed by atoms with Crippen molar-refractivity contribution in [2.45, 2.75) is 19.6 Å². The van der Waals surface area contributed by atoms with Crippen LogP contribution in [0.2, 0.25) is 0 Å². The van der Waals surface area contributed by atoms with E-state index in [0.717, 1.165) is 11.1 Å². The summed E-state index contributed by atoms with van der Waals surface area (Å²) in [5.74, 6) is -1.87. The smallest absolute Gasteiger partial charge is 0.490 e. The first-order chi connectivity index (χ1) is 14.6. The molecule has 0 aliphatic carbocycles. The zero-order valence-electron chi connectivity index (χ0n) is 16.1. The van der Waals surface area contributed by atoms with Crippen molar-refractivity contribution in [2.24, 2.45) is 5.73 Å². The number of benzene rings is 1. The summed E-state index contributed by atoms with van der Waals surface area (Å²) < 4.78 is 38.9. The van der Waals surface area contributed by atoms with Gasteiger partial charge in [0, 0.05) is 18.9 Å². The fourth-order valence-corrected chi connectivity index (χ4v) is 2.69. The van der Waals surface area contributed by atoms with Crippen LogP contribution in [0.1, 0.15) is 21.7 Å². The standard InChI is InChI=1S/C16H16N6O2.C2HF3O2/c1-10-8-18-16-19-14(20-22(16)9-10)15(23)21-4-5-24-13-6-11(7-17)2-3-12(13)21;3-2(4,5)1(6)7/h2-3,6,8-9H,4-5,7,17H2,1H3;(H,6,7). The van der Waals surface area contributed by atoms with Crippen molar-refractivity contribution in [1.29, 1.82) is 0 Å². The number of aromatic nitrogens is 4. The largest absolute Gasteiger partial charge is 0.490 e. The van der Waals surface area contributed by atoms with Gasteiger partial charge in [0.1, 0.15) is 12.4 Å². The molecule has 4 rings (SSSR count). The fraction of sp³-hybridized carbons (Fsp3) is 0.278. The lowest BCUT2D eigenvalue weighted by molar-refractivity contribution is -0.192. The molecule has 0 unspecified atom stereocenters. The first-order valence-corrected chi connectivity index (χ1v) is 8.87. The van der Waals surface area contributed by atoms with Gasteiger partial charge in [-0.15, -0.1) is 5.10 Å². The molecule has 0 saturated carbocycles. The van der Waals surface area contributed by atoms with E-state index in [1.807, 2.05) is 25.1 Å². The van der Waals surface area contributed by atoms with E-state index in [-0.39, 0.29) is 11.7 Å². The fourth-order valence-electron chi connectivity index (χ4n) is 2.69. The third-order valence-corrected chi connectivity index (χ3v) is 4.12. The van der Waals surface area contributed by atoms with Crippen LogP contribution in [0.25, 0.3) is 5.78 Å². The topological polar surface area (TPSA) is 136 Å². The van der Waals surface area contributed by atoms with E-state index in [1.165, 1.54) is 4.52 Å². The molecule has 10 nitrogen and oxygen atoms in total. The monoisotopic (exact) mass is 438 g/mol. The first kappa shape index (κ1) is 22.0. The number of rotatable bonds is 2. The van der Waals surface area contributed by atoms with Crippen LogP contribution in [-0.2, 0) is 11.3 Å². The zero-order chi connectivity index (χ0) is 22.8. The molecule has 1 aliphatic heterocycles. The van der Waals surface area contributed by atoms with Gasteiger partial charge in [-0.05, 0) is 30.2 Å². The van der Waals surface area contributed by atoms with Gasteiger partial charge in [-0.25, -0.2) is 14.3 Å². The van der Waals surface area contributed by atoms with Crippen molar-refractivity contribution < 1.29 is 32.6 Å². The Kier molecular flexibility index (Phi) is 6.06. The summed E-state index contributed by atoms with van der Waals surface area (Å²) in [7, 11) is 0. The zero-order valence-corrected chi connectivity index (χ0v) is 16.1. The van der Waals surface area contributed by atoms with Crippen molar-refractivity contribution in [3.8, 4) is 5.75 Å². The summed E-state index contributed by atoms with van der Waals surface area (Å²) in [4.78, 5) is 31.8. The molecule has 1 aliphatic rings. The third kappa shape index (κ3) is 4.88. The Morgan fingerprint density at radius 1 is 1.32 bits per heavy atom. The molecule has 2 aromatic heterocycles. The number of ether oxygens (including phenoxy) is 1. The van der Waals surface area contributed by atoms with Crippen LogP contribution in [0.4, 0.5) is 18.9 Å². The van der Waals surface area contributed by atoms with Gasteiger partial charge in [-0.2, -0.15) is 18.2 Å². The second-order valence-corrected chi connectivity index (χ2v) is 6.43. The minimum Gasteiger partial charge on any atom is -0.490 e. The summed E-state index contributed by atoms with van der Waals surface area (Å²) in [6.07, 6.45) is -1.61. The summed E-state index contributed by atoms with van der Waals surface area (Å²) in [5, 5.41) is 11.4. The Labute approximate surface area is 173 Å². The molecule has 0 spiro atoms. The summed E-state index contributed by atoms with van der Waals surface area (Å²) in [5.41, 5.74) is 8.25. The van der Waals surface area contributed by atoms with Crippen LogP contribution in [0.5, 0.6) is 5.75 Å². The molecule has 0 saturated heterocycles. The van der Waals surface area contributed by atoms with Crippen LogP contribution < -0.4 is 15.4 Å². The number of carboxylic acid groups (broad SMARTS) is 1. The molecule has 0 fully saturated rings. The average Bonchev–Trinajstić information content (AvgIpc) is 3.15. The van der Waals surface area contributed by atoms with Crippen LogP contribution in [0.3, 0.4) is 0 Å². The highest BCUT2D eigenvalue weighted by Gasteiger charge is 2.38. The number of carboxylic acids is 1. The molecule has 31 heavy (non-hydrogen) atoms. The number of anilines is 1. The van der Waals surface area contributed by atoms with Gasteiger partial charge in [0.05, 0.1) is 12.2 Å². The summed E-state index contributed by atoms with van der Waals surface area (Å²) in [6, 6.07) is 5.58. The number of fused-ring (bicyclic) bond motifs is 2. The van der Waals surface area contributed by atoms with Gasteiger partial charge in [0.15, 0.2) is 0 Å². The highest BCUT2D eigenvalue weighted by molar-refractivity contribution is 6.05. The number of hydrogen-bond acceptors (Lipinski definition) is 7. The molecule has 1 aromatic carbocycles. The number of aliphatic carboxylic acids is 1. The number of aryl methyl sites for hydroxylation is 1. The Balaban J connectivity index is 0.000000339. The second kappa shape index (κ2) is 8.55. The lowest BCUT2D eigenvalue weighted by atomic mass is 10.1. The van der Waals surface area contributed by atoms with E-state index in [9.17, 15) is 18.0 Å². The van der Waals surface area contributed by atoms with Gasteiger partial charge in [-0.1, -0.05) is 6.07 Å². The number of carbonyl (C=O) groups excluding carboxylic acids is 1. The van der Waals surface area contributed by atoms with E-state index in [0.29, 0.717) is 36.9 Å². The Hall–Kier alpha value is -3.74. The predicted octanol–water partition coefficient (Wildman–Crippen LogP) is 1.56. The molecule has 0 atom stereocenters. The van der Waals surface area contributed by atoms with Crippen LogP contribution in [-0.4, -0.2) is 55.9 Å². The SMILES string of the molecule is Cc1cnc2nc(C(=O)N3CCOc4cc(CN)ccc43)nn2c1.O=C(O)C(F)(F)F. The van der Waals surface area contributed by atoms with Crippen LogP contribution in [0, 0.1) is 6.92 Å². The lowest BCUT2D eigenvalue weighted by Crippen LogP contribution is -2.38. The maximum atomic E-state index is 12.9. The van der Waals surface area contributed by atoms with E-state index in [2.05, 4.69) is 15.1 Å². The lowest BCUT2D eigenvalue weighted by Gasteiger charge is -2.29. The molecule has 3 N–H and O–H groups in total. The number of nitrogens with two attached hydrogens (primary N) is 1. The number of alkyl halides is 3. The minimum absolute atomic E-state index is 0.115. The molecule has 13 heteroatoms. The minimum atomic E-state index is -5.08. The number of halogens is 3. The Bertz CT molecular complexity index is 1130. The summed E-state index contributed by atoms with van der Waals surface area (Å²) >= 11 is 0. The van der Waals surface area contributed by atoms with Gasteiger partial charge >= 0.3 is 12.1 Å². The number of carbonyl (C=O) groups is 2. The average molecular weight is 438 g/mol. The highest BCUT2D eigenvalue weighted by Crippen LogP contribution is 2.33. The predicted molar refractivity (Wildman–Crippen MR) is 101 cm³/mol. The number of nitrogens with zero attached hydrogens (tertiary/aromatic N) is 5. The molecule has 0 radical (unpaired) electrons. The maximum Gasteiger partial charge on any atom is 0.490 e. The van der Waals surface area contributed by atoms with Crippen LogP contribution >= 0.6 is 0 Å². The van der Waals surface area contributed by atoms with Crippen molar-refractivity contribution in [1.82, 2.24) is 19.6 Å². The Morgan fingerprint density at radius 2 is 2.03 bits per heavy atom. The molecule has 0 bridgehead atoms. The van der Waals surface area contributed by atoms with Gasteiger partial charge < -0.3 is 15.6 Å². The number of amides is 1. The molecule has 164 valence electrons. The Morgan fingerprint density at radius 3 is 2.68 bits per heavy atom. The van der Waals surface area contributed by atoms with Gasteiger partial charge in [-0.3, -0.25) is 9.69 Å². The molecular formula is C18H17F3N6O4. The molecular weight excluding hydrogens is 421 g/mol. The number of hydrogen-bond donors (Lipinski definition) is 2. The molecule has 1 amide bonds. The third-order valence-electron chi connectivity index (χ3n) is 4.12. The van der Waals surface area contributed by atoms with E-state index >= 15 is 0 Å². The van der Waals surface area contributed by atoms with Gasteiger partial charge in [0.2, 0.25) is 5.82 Å². The van der Waals surface area contributed by atoms with E-state index < -0.39 is 12.1 Å². The summed E-state index contributed by atoms with van der Waals surface area (Å²) in [6.45, 7) is 3.18. The van der Waals surface area contributed by atoms with E-state index in [4.69, 9.17) is 20.4 Å². The van der Waals surface area contributed by atoms with Crippen molar-refractivity contribution in [3.63, 3.8) is 0 Å².